The van der Waals surface area contributed by atoms with Crippen molar-refractivity contribution in [3.8, 4) is 11.3 Å². The zero-order valence-electron chi connectivity index (χ0n) is 9.97. The van der Waals surface area contributed by atoms with Gasteiger partial charge >= 0.3 is 0 Å². The van der Waals surface area contributed by atoms with Crippen molar-refractivity contribution in [3.63, 3.8) is 0 Å². The van der Waals surface area contributed by atoms with Gasteiger partial charge in [-0.05, 0) is 18.6 Å². The fourth-order valence-electron chi connectivity index (χ4n) is 2.09. The van der Waals surface area contributed by atoms with E-state index in [9.17, 15) is 4.79 Å². The molecule has 0 amide bonds. The first kappa shape index (κ1) is 10.7. The molecule has 0 spiro atoms. The van der Waals surface area contributed by atoms with Gasteiger partial charge in [0.25, 0.3) is 0 Å². The lowest BCUT2D eigenvalue weighted by atomic mass is 10.1. The highest BCUT2D eigenvalue weighted by atomic mass is 16.1. The molecule has 3 heteroatoms. The molecule has 1 heterocycles. The molecule has 3 aromatic rings. The second-order valence-electron chi connectivity index (χ2n) is 4.26. The van der Waals surface area contributed by atoms with E-state index in [0.717, 1.165) is 16.6 Å². The maximum Gasteiger partial charge on any atom is 0.215 e. The van der Waals surface area contributed by atoms with Crippen LogP contribution in [-0.2, 0) is 0 Å². The Kier molecular flexibility index (Phi) is 2.45. The molecular formula is C15H12N2O. The first-order valence-electron chi connectivity index (χ1n) is 5.81. The summed E-state index contributed by atoms with van der Waals surface area (Å²) < 4.78 is 0. The van der Waals surface area contributed by atoms with Crippen LogP contribution in [-0.4, -0.2) is 10.2 Å². The number of nitrogens with zero attached hydrogens (tertiary/aromatic N) is 1. The van der Waals surface area contributed by atoms with Crippen molar-refractivity contribution in [3.05, 3.63) is 64.3 Å². The number of rotatable bonds is 1. The average molecular weight is 236 g/mol. The second kappa shape index (κ2) is 4.11. The summed E-state index contributed by atoms with van der Waals surface area (Å²) in [6, 6.07) is 15.2. The smallest absolute Gasteiger partial charge is 0.215 e. The Morgan fingerprint density at radius 2 is 1.78 bits per heavy atom. The summed E-state index contributed by atoms with van der Waals surface area (Å²) in [7, 11) is 0. The van der Waals surface area contributed by atoms with Gasteiger partial charge in [-0.15, -0.1) is 0 Å². The standard InChI is InChI=1S/C15H12N2O/c1-10-6-5-9-12-13(10)16-17-14(15(12)18)11-7-3-2-4-8-11/h2-9H,1H3,(H,16,18). The normalized spacial score (nSPS) is 10.7. The first-order valence-corrected chi connectivity index (χ1v) is 5.81. The van der Waals surface area contributed by atoms with E-state index in [2.05, 4.69) is 10.2 Å². The molecule has 0 saturated heterocycles. The van der Waals surface area contributed by atoms with Gasteiger partial charge in [0, 0.05) is 10.9 Å². The summed E-state index contributed by atoms with van der Waals surface area (Å²) in [5.74, 6) is 0. The summed E-state index contributed by atoms with van der Waals surface area (Å²) in [6.07, 6.45) is 0. The maximum atomic E-state index is 12.4. The number of hydrogen-bond acceptors (Lipinski definition) is 2. The van der Waals surface area contributed by atoms with Crippen molar-refractivity contribution in [2.45, 2.75) is 6.92 Å². The van der Waals surface area contributed by atoms with Crippen LogP contribution in [0.3, 0.4) is 0 Å². The van der Waals surface area contributed by atoms with Crippen LogP contribution in [0.25, 0.3) is 22.2 Å². The zero-order valence-corrected chi connectivity index (χ0v) is 9.97. The lowest BCUT2D eigenvalue weighted by molar-refractivity contribution is 1.07. The number of para-hydroxylation sites is 1. The monoisotopic (exact) mass is 236 g/mol. The number of H-pyrrole nitrogens is 1. The van der Waals surface area contributed by atoms with Gasteiger partial charge in [0.05, 0.1) is 5.52 Å². The van der Waals surface area contributed by atoms with Crippen LogP contribution >= 0.6 is 0 Å². The van der Waals surface area contributed by atoms with Crippen LogP contribution in [0.5, 0.6) is 0 Å². The third-order valence-corrected chi connectivity index (χ3v) is 3.06. The molecule has 0 fully saturated rings. The van der Waals surface area contributed by atoms with E-state index in [-0.39, 0.29) is 5.43 Å². The number of fused-ring (bicyclic) bond motifs is 1. The third-order valence-electron chi connectivity index (χ3n) is 3.06. The summed E-state index contributed by atoms with van der Waals surface area (Å²) in [5.41, 5.74) is 3.10. The minimum Gasteiger partial charge on any atom is -0.287 e. The van der Waals surface area contributed by atoms with Crippen molar-refractivity contribution in [1.29, 1.82) is 0 Å². The predicted molar refractivity (Wildman–Crippen MR) is 72.5 cm³/mol. The number of aromatic amines is 1. The average Bonchev–Trinajstić information content (AvgIpc) is 2.41. The largest absolute Gasteiger partial charge is 0.287 e. The molecule has 0 radical (unpaired) electrons. The molecule has 0 unspecified atom stereocenters. The highest BCUT2D eigenvalue weighted by molar-refractivity contribution is 5.84. The van der Waals surface area contributed by atoms with Crippen molar-refractivity contribution in [1.82, 2.24) is 10.2 Å². The molecule has 88 valence electrons. The van der Waals surface area contributed by atoms with E-state index in [1.54, 1.807) is 0 Å². The number of benzene rings is 2. The van der Waals surface area contributed by atoms with Crippen molar-refractivity contribution >= 4 is 10.9 Å². The van der Waals surface area contributed by atoms with Gasteiger partial charge < -0.3 is 0 Å². The lowest BCUT2D eigenvalue weighted by Crippen LogP contribution is -2.10. The summed E-state index contributed by atoms with van der Waals surface area (Å²) >= 11 is 0. The van der Waals surface area contributed by atoms with Crippen LogP contribution in [0.2, 0.25) is 0 Å². The molecule has 1 N–H and O–H groups in total. The molecule has 3 nitrogen and oxygen atoms in total. The Morgan fingerprint density at radius 3 is 2.56 bits per heavy atom. The van der Waals surface area contributed by atoms with E-state index in [1.165, 1.54) is 0 Å². The molecule has 0 aliphatic carbocycles. The molecule has 1 aromatic heterocycles. The number of nitrogens with one attached hydrogen (secondary N) is 1. The highest BCUT2D eigenvalue weighted by Crippen LogP contribution is 2.16. The molecule has 0 aliphatic rings. The maximum absolute atomic E-state index is 12.4. The van der Waals surface area contributed by atoms with Crippen LogP contribution in [0.4, 0.5) is 0 Å². The molecule has 18 heavy (non-hydrogen) atoms. The second-order valence-corrected chi connectivity index (χ2v) is 4.26. The van der Waals surface area contributed by atoms with Gasteiger partial charge in [0.1, 0.15) is 5.69 Å². The van der Waals surface area contributed by atoms with Crippen molar-refractivity contribution in [2.75, 3.05) is 0 Å². The molecule has 2 aromatic carbocycles. The highest BCUT2D eigenvalue weighted by Gasteiger charge is 2.09. The lowest BCUT2D eigenvalue weighted by Gasteiger charge is -2.04. The first-order chi connectivity index (χ1) is 8.77. The predicted octanol–water partition coefficient (Wildman–Crippen LogP) is 2.90. The van der Waals surface area contributed by atoms with Crippen LogP contribution in [0.1, 0.15) is 5.56 Å². The van der Waals surface area contributed by atoms with E-state index in [4.69, 9.17) is 0 Å². The van der Waals surface area contributed by atoms with Crippen molar-refractivity contribution < 1.29 is 0 Å². The van der Waals surface area contributed by atoms with E-state index in [1.807, 2.05) is 55.5 Å². The van der Waals surface area contributed by atoms with Gasteiger partial charge in [-0.3, -0.25) is 9.89 Å². The number of hydrogen-bond donors (Lipinski definition) is 1. The summed E-state index contributed by atoms with van der Waals surface area (Å²) in [6.45, 7) is 1.96. The molecule has 3 rings (SSSR count). The van der Waals surface area contributed by atoms with E-state index >= 15 is 0 Å². The van der Waals surface area contributed by atoms with Gasteiger partial charge in [0.15, 0.2) is 0 Å². The Morgan fingerprint density at radius 1 is 1.00 bits per heavy atom. The van der Waals surface area contributed by atoms with Crippen LogP contribution in [0.15, 0.2) is 53.3 Å². The van der Waals surface area contributed by atoms with Gasteiger partial charge in [-0.25, -0.2) is 0 Å². The Labute approximate surface area is 104 Å². The van der Waals surface area contributed by atoms with Gasteiger partial charge in [-0.1, -0.05) is 42.5 Å². The quantitative estimate of drug-likeness (QED) is 0.706. The fourth-order valence-corrected chi connectivity index (χ4v) is 2.09. The SMILES string of the molecule is Cc1cccc2c(=O)c(-c3ccccc3)n[nH]c12. The third kappa shape index (κ3) is 1.61. The fraction of sp³-hybridized carbons (Fsp3) is 0.0667. The zero-order chi connectivity index (χ0) is 12.5. The van der Waals surface area contributed by atoms with E-state index in [0.29, 0.717) is 11.1 Å². The Hall–Kier alpha value is -2.42. The topological polar surface area (TPSA) is 45.8 Å². The minimum absolute atomic E-state index is 0.0290. The molecule has 0 atom stereocenters. The molecule has 0 aliphatic heterocycles. The molecular weight excluding hydrogens is 224 g/mol. The van der Waals surface area contributed by atoms with E-state index < -0.39 is 0 Å². The summed E-state index contributed by atoms with van der Waals surface area (Å²) in [4.78, 5) is 12.4. The van der Waals surface area contributed by atoms with Crippen LogP contribution in [0, 0.1) is 6.92 Å². The number of aryl methyl sites for hydroxylation is 1. The minimum atomic E-state index is -0.0290. The Bertz CT molecular complexity index is 760. The molecule has 0 bridgehead atoms. The van der Waals surface area contributed by atoms with Gasteiger partial charge in [0.2, 0.25) is 5.43 Å². The van der Waals surface area contributed by atoms with Crippen LogP contribution < -0.4 is 5.43 Å². The van der Waals surface area contributed by atoms with Gasteiger partial charge in [-0.2, -0.15) is 5.10 Å². The molecule has 0 saturated carbocycles. The summed E-state index contributed by atoms with van der Waals surface area (Å²) in [5, 5.41) is 7.86. The van der Waals surface area contributed by atoms with Crippen molar-refractivity contribution in [2.24, 2.45) is 0 Å². The number of aromatic nitrogens is 2. The Balaban J connectivity index is 2.35.